The van der Waals surface area contributed by atoms with Crippen LogP contribution < -0.4 is 0 Å². The van der Waals surface area contributed by atoms with Crippen molar-refractivity contribution in [3.8, 4) is 0 Å². The number of halogens is 3. The van der Waals surface area contributed by atoms with Gasteiger partial charge in [0, 0.05) is 6.04 Å². The summed E-state index contributed by atoms with van der Waals surface area (Å²) in [5, 5.41) is 0. The molecule has 0 N–H and O–H groups in total. The third-order valence-electron chi connectivity index (χ3n) is 4.07. The highest BCUT2D eigenvalue weighted by molar-refractivity contribution is 6.16. The molecule has 1 aromatic carbocycles. The molecule has 1 atom stereocenters. The van der Waals surface area contributed by atoms with Crippen molar-refractivity contribution in [3.63, 3.8) is 0 Å². The number of fused-ring (bicyclic) bond motifs is 1. The zero-order valence-electron chi connectivity index (χ0n) is 11.4. The number of alkyl halides is 1. The summed E-state index contributed by atoms with van der Waals surface area (Å²) in [6.07, 6.45) is 4.32. The van der Waals surface area contributed by atoms with Crippen molar-refractivity contribution in [2.75, 3.05) is 0 Å². The minimum absolute atomic E-state index is 0.137. The lowest BCUT2D eigenvalue weighted by Gasteiger charge is -2.20. The maximum absolute atomic E-state index is 14.2. The highest BCUT2D eigenvalue weighted by atomic mass is 35.5. The first-order chi connectivity index (χ1) is 9.65. The van der Waals surface area contributed by atoms with E-state index in [4.69, 9.17) is 11.6 Å². The van der Waals surface area contributed by atoms with Gasteiger partial charge in [-0.3, -0.25) is 0 Å². The van der Waals surface area contributed by atoms with E-state index in [2.05, 4.69) is 11.9 Å². The number of benzene rings is 1. The second kappa shape index (κ2) is 5.32. The van der Waals surface area contributed by atoms with Gasteiger partial charge in [0.25, 0.3) is 0 Å². The molecule has 1 aliphatic carbocycles. The molecule has 108 valence electrons. The number of hydrogen-bond acceptors (Lipinski definition) is 1. The molecule has 20 heavy (non-hydrogen) atoms. The Morgan fingerprint density at radius 1 is 1.40 bits per heavy atom. The van der Waals surface area contributed by atoms with Crippen LogP contribution in [0.3, 0.4) is 0 Å². The second-order valence-electron chi connectivity index (χ2n) is 5.50. The van der Waals surface area contributed by atoms with E-state index in [-0.39, 0.29) is 17.4 Å². The Bertz CT molecular complexity index is 634. The van der Waals surface area contributed by atoms with Crippen molar-refractivity contribution in [1.29, 1.82) is 0 Å². The predicted molar refractivity (Wildman–Crippen MR) is 75.9 cm³/mol. The van der Waals surface area contributed by atoms with Crippen molar-refractivity contribution in [3.05, 3.63) is 29.6 Å². The highest BCUT2D eigenvalue weighted by Crippen LogP contribution is 2.40. The number of hydrogen-bond donors (Lipinski definition) is 0. The molecule has 2 nitrogen and oxygen atoms in total. The van der Waals surface area contributed by atoms with Crippen LogP contribution in [0.1, 0.15) is 44.5 Å². The summed E-state index contributed by atoms with van der Waals surface area (Å²) in [5.41, 5.74) is 0.738. The molecule has 1 unspecified atom stereocenters. The van der Waals surface area contributed by atoms with Gasteiger partial charge in [-0.25, -0.2) is 13.8 Å². The van der Waals surface area contributed by atoms with Crippen LogP contribution in [-0.2, 0) is 5.88 Å². The van der Waals surface area contributed by atoms with Crippen LogP contribution in [0.15, 0.2) is 12.1 Å². The molecule has 2 aromatic rings. The summed E-state index contributed by atoms with van der Waals surface area (Å²) >= 11 is 5.95. The molecule has 0 spiro atoms. The summed E-state index contributed by atoms with van der Waals surface area (Å²) in [6.45, 7) is 2.06. The Labute approximate surface area is 121 Å². The van der Waals surface area contributed by atoms with Gasteiger partial charge in [-0.15, -0.1) is 11.6 Å². The molecule has 1 heterocycles. The van der Waals surface area contributed by atoms with Crippen LogP contribution in [0.25, 0.3) is 11.0 Å². The molecule has 3 rings (SSSR count). The molecule has 0 amide bonds. The maximum atomic E-state index is 14.2. The van der Waals surface area contributed by atoms with Crippen LogP contribution in [0.2, 0.25) is 0 Å². The Morgan fingerprint density at radius 2 is 2.15 bits per heavy atom. The molecule has 0 saturated heterocycles. The fourth-order valence-corrected chi connectivity index (χ4v) is 3.04. The molecule has 1 aliphatic rings. The van der Waals surface area contributed by atoms with Gasteiger partial charge in [0.1, 0.15) is 11.3 Å². The highest BCUT2D eigenvalue weighted by Gasteiger charge is 2.28. The molecular weight excluding hydrogens is 282 g/mol. The van der Waals surface area contributed by atoms with E-state index in [1.807, 2.05) is 4.57 Å². The van der Waals surface area contributed by atoms with E-state index in [0.717, 1.165) is 18.9 Å². The van der Waals surface area contributed by atoms with Gasteiger partial charge in [-0.2, -0.15) is 0 Å². The van der Waals surface area contributed by atoms with E-state index in [0.29, 0.717) is 17.3 Å². The molecule has 0 bridgehead atoms. The first-order valence-corrected chi connectivity index (χ1v) is 7.59. The predicted octanol–water partition coefficient (Wildman–Crippen LogP) is 4.80. The zero-order valence-corrected chi connectivity index (χ0v) is 12.1. The van der Waals surface area contributed by atoms with Gasteiger partial charge in [0.15, 0.2) is 11.6 Å². The minimum atomic E-state index is -0.832. The van der Waals surface area contributed by atoms with Crippen LogP contribution in [0, 0.1) is 17.6 Å². The Hall–Kier alpha value is -1.16. The van der Waals surface area contributed by atoms with Crippen LogP contribution in [0.5, 0.6) is 0 Å². The first-order valence-electron chi connectivity index (χ1n) is 7.06. The average Bonchev–Trinajstić information content (AvgIpc) is 3.19. The van der Waals surface area contributed by atoms with Crippen molar-refractivity contribution in [2.24, 2.45) is 5.92 Å². The third-order valence-corrected chi connectivity index (χ3v) is 4.31. The standard InChI is InChI=1S/C15H17ClF2N2/c1-2-10(7-9-3-4-9)20-13(8-16)19-12-6-5-11(17)14(18)15(12)20/h5-6,9-10H,2-4,7-8H2,1H3. The van der Waals surface area contributed by atoms with Gasteiger partial charge in [0.05, 0.1) is 11.4 Å². The third kappa shape index (κ3) is 2.30. The quantitative estimate of drug-likeness (QED) is 0.725. The first kappa shape index (κ1) is 13.8. The molecule has 0 radical (unpaired) electrons. The lowest BCUT2D eigenvalue weighted by molar-refractivity contribution is 0.422. The van der Waals surface area contributed by atoms with Gasteiger partial charge in [0.2, 0.25) is 0 Å². The van der Waals surface area contributed by atoms with E-state index < -0.39 is 11.6 Å². The maximum Gasteiger partial charge on any atom is 0.184 e. The number of rotatable bonds is 5. The summed E-state index contributed by atoms with van der Waals surface area (Å²) in [5.74, 6) is -0.116. The molecule has 1 aromatic heterocycles. The second-order valence-corrected chi connectivity index (χ2v) is 5.77. The number of aromatic nitrogens is 2. The minimum Gasteiger partial charge on any atom is -0.321 e. The smallest absolute Gasteiger partial charge is 0.184 e. The van der Waals surface area contributed by atoms with E-state index in [1.165, 1.54) is 18.9 Å². The number of nitrogens with zero attached hydrogens (tertiary/aromatic N) is 2. The van der Waals surface area contributed by atoms with Crippen LogP contribution in [-0.4, -0.2) is 9.55 Å². The molecule has 1 fully saturated rings. The summed E-state index contributed by atoms with van der Waals surface area (Å²) < 4.78 is 29.5. The fraction of sp³-hybridized carbons (Fsp3) is 0.533. The summed E-state index contributed by atoms with van der Waals surface area (Å²) in [7, 11) is 0. The largest absolute Gasteiger partial charge is 0.321 e. The average molecular weight is 299 g/mol. The van der Waals surface area contributed by atoms with Crippen LogP contribution >= 0.6 is 11.6 Å². The SMILES string of the molecule is CCC(CC1CC1)n1c(CCl)nc2ccc(F)c(F)c21. The molecule has 1 saturated carbocycles. The Morgan fingerprint density at radius 3 is 2.75 bits per heavy atom. The summed E-state index contributed by atoms with van der Waals surface area (Å²) in [6, 6.07) is 2.77. The van der Waals surface area contributed by atoms with Crippen molar-refractivity contribution in [2.45, 2.75) is 44.5 Å². The Kier molecular flexibility index (Phi) is 3.67. The van der Waals surface area contributed by atoms with E-state index in [9.17, 15) is 8.78 Å². The van der Waals surface area contributed by atoms with E-state index >= 15 is 0 Å². The van der Waals surface area contributed by atoms with Gasteiger partial charge >= 0.3 is 0 Å². The van der Waals surface area contributed by atoms with Gasteiger partial charge < -0.3 is 4.57 Å². The monoisotopic (exact) mass is 298 g/mol. The zero-order chi connectivity index (χ0) is 14.3. The molecule has 0 aliphatic heterocycles. The summed E-state index contributed by atoms with van der Waals surface area (Å²) in [4.78, 5) is 4.35. The van der Waals surface area contributed by atoms with E-state index in [1.54, 1.807) is 0 Å². The van der Waals surface area contributed by atoms with Gasteiger partial charge in [-0.1, -0.05) is 19.8 Å². The topological polar surface area (TPSA) is 17.8 Å². The van der Waals surface area contributed by atoms with Gasteiger partial charge in [-0.05, 0) is 30.9 Å². The van der Waals surface area contributed by atoms with Crippen molar-refractivity contribution < 1.29 is 8.78 Å². The Balaban J connectivity index is 2.16. The lowest BCUT2D eigenvalue weighted by atomic mass is 10.1. The number of imidazole rings is 1. The normalized spacial score (nSPS) is 16.8. The van der Waals surface area contributed by atoms with Crippen molar-refractivity contribution in [1.82, 2.24) is 9.55 Å². The molecular formula is C15H17ClF2N2. The fourth-order valence-electron chi connectivity index (χ4n) is 2.85. The lowest BCUT2D eigenvalue weighted by Crippen LogP contribution is -2.13. The molecule has 5 heteroatoms. The van der Waals surface area contributed by atoms with Crippen LogP contribution in [0.4, 0.5) is 8.78 Å². The van der Waals surface area contributed by atoms with Crippen molar-refractivity contribution >= 4 is 22.6 Å².